The molecule has 2 rings (SSSR count). The van der Waals surface area contributed by atoms with E-state index in [9.17, 15) is 0 Å². The third kappa shape index (κ3) is 4.59. The summed E-state index contributed by atoms with van der Waals surface area (Å²) >= 11 is 0. The van der Waals surface area contributed by atoms with Crippen molar-refractivity contribution in [2.75, 3.05) is 4.90 Å². The van der Waals surface area contributed by atoms with Crippen molar-refractivity contribution in [3.05, 3.63) is 60.4 Å². The molecule has 21 heavy (non-hydrogen) atoms. The van der Waals surface area contributed by atoms with Crippen LogP contribution in [-0.4, -0.2) is 11.0 Å². The molecule has 0 saturated carbocycles. The summed E-state index contributed by atoms with van der Waals surface area (Å²) in [5.41, 5.74) is 2.59. The van der Waals surface area contributed by atoms with Crippen molar-refractivity contribution in [2.45, 2.75) is 52.1 Å². The lowest BCUT2D eigenvalue weighted by atomic mass is 10.0. The molecule has 1 aromatic heterocycles. The van der Waals surface area contributed by atoms with E-state index in [1.54, 1.807) is 0 Å². The Balaban J connectivity index is 2.24. The topological polar surface area (TPSA) is 16.1 Å². The first kappa shape index (κ1) is 15.6. The van der Waals surface area contributed by atoms with Gasteiger partial charge in [-0.05, 0) is 36.6 Å². The molecule has 0 bridgehead atoms. The van der Waals surface area contributed by atoms with Crippen LogP contribution in [0.1, 0.15) is 45.1 Å². The van der Waals surface area contributed by atoms with Crippen molar-refractivity contribution in [1.82, 2.24) is 4.98 Å². The minimum Gasteiger partial charge on any atom is -0.364 e. The summed E-state index contributed by atoms with van der Waals surface area (Å²) in [5, 5.41) is 0. The monoisotopic (exact) mass is 282 g/mol. The number of para-hydroxylation sites is 1. The zero-order valence-electron chi connectivity index (χ0n) is 13.2. The molecule has 0 radical (unpaired) electrons. The van der Waals surface area contributed by atoms with E-state index in [-0.39, 0.29) is 0 Å². The van der Waals surface area contributed by atoms with E-state index in [0.29, 0.717) is 6.04 Å². The highest BCUT2D eigenvalue weighted by Crippen LogP contribution is 2.24. The van der Waals surface area contributed by atoms with Crippen LogP contribution in [0, 0.1) is 0 Å². The average molecular weight is 282 g/mol. The van der Waals surface area contributed by atoms with Crippen molar-refractivity contribution in [1.29, 1.82) is 0 Å². The molecule has 2 aromatic rings. The number of aromatic nitrogens is 1. The summed E-state index contributed by atoms with van der Waals surface area (Å²) in [6.07, 6.45) is 8.74. The lowest BCUT2D eigenvalue weighted by molar-refractivity contribution is 0.501. The van der Waals surface area contributed by atoms with Crippen molar-refractivity contribution in [3.8, 4) is 0 Å². The van der Waals surface area contributed by atoms with E-state index >= 15 is 0 Å². The van der Waals surface area contributed by atoms with Crippen LogP contribution in [0.25, 0.3) is 0 Å². The molecule has 0 fully saturated rings. The van der Waals surface area contributed by atoms with Crippen molar-refractivity contribution in [3.63, 3.8) is 0 Å². The average Bonchev–Trinajstić information content (AvgIpc) is 2.54. The first-order chi connectivity index (χ1) is 10.3. The molecule has 1 aromatic carbocycles. The number of pyridine rings is 1. The van der Waals surface area contributed by atoms with E-state index in [1.165, 1.54) is 36.9 Å². The molecule has 1 heterocycles. The zero-order chi connectivity index (χ0) is 14.9. The summed E-state index contributed by atoms with van der Waals surface area (Å²) in [6, 6.07) is 15.6. The number of hydrogen-bond acceptors (Lipinski definition) is 2. The van der Waals surface area contributed by atoms with Crippen LogP contribution in [0.3, 0.4) is 0 Å². The number of rotatable bonds is 8. The van der Waals surface area contributed by atoms with Gasteiger partial charge in [-0.2, -0.15) is 0 Å². The first-order valence-corrected chi connectivity index (χ1v) is 8.05. The summed E-state index contributed by atoms with van der Waals surface area (Å²) in [4.78, 5) is 6.80. The highest BCUT2D eigenvalue weighted by atomic mass is 15.2. The molecule has 2 heteroatoms. The number of anilines is 1. The molecule has 112 valence electrons. The van der Waals surface area contributed by atoms with Crippen LogP contribution in [0.4, 0.5) is 5.69 Å². The molecule has 2 nitrogen and oxygen atoms in total. The largest absolute Gasteiger partial charge is 0.364 e. The molecular weight excluding hydrogens is 256 g/mol. The van der Waals surface area contributed by atoms with Crippen molar-refractivity contribution >= 4 is 5.69 Å². The van der Waals surface area contributed by atoms with Crippen LogP contribution in [0.2, 0.25) is 0 Å². The van der Waals surface area contributed by atoms with Gasteiger partial charge in [0.05, 0.1) is 0 Å². The number of nitrogens with zero attached hydrogens (tertiary/aromatic N) is 2. The van der Waals surface area contributed by atoms with Crippen LogP contribution >= 0.6 is 0 Å². The Hall–Kier alpha value is -1.83. The van der Waals surface area contributed by atoms with Gasteiger partial charge in [0.25, 0.3) is 0 Å². The quantitative estimate of drug-likeness (QED) is 0.673. The molecule has 0 atom stereocenters. The molecular formula is C19H26N2. The normalized spacial score (nSPS) is 10.8. The van der Waals surface area contributed by atoms with Gasteiger partial charge in [0.1, 0.15) is 0 Å². The summed E-state index contributed by atoms with van der Waals surface area (Å²) in [6.45, 7) is 5.48. The van der Waals surface area contributed by atoms with Gasteiger partial charge in [0.15, 0.2) is 0 Å². The minimum absolute atomic E-state index is 0.600. The molecule has 0 aliphatic heterocycles. The smallest absolute Gasteiger partial charge is 0.0447 e. The molecule has 0 aliphatic rings. The summed E-state index contributed by atoms with van der Waals surface area (Å²) < 4.78 is 0. The Morgan fingerprint density at radius 1 is 0.952 bits per heavy atom. The van der Waals surface area contributed by atoms with Crippen LogP contribution in [-0.2, 0) is 6.54 Å². The zero-order valence-corrected chi connectivity index (χ0v) is 13.2. The lowest BCUT2D eigenvalue weighted by Gasteiger charge is -2.34. The van der Waals surface area contributed by atoms with Gasteiger partial charge in [-0.15, -0.1) is 0 Å². The Labute approximate surface area is 128 Å². The maximum Gasteiger partial charge on any atom is 0.0447 e. The maximum atomic E-state index is 4.26. The highest BCUT2D eigenvalue weighted by molar-refractivity contribution is 5.47. The summed E-state index contributed by atoms with van der Waals surface area (Å²) in [5.74, 6) is 0. The van der Waals surface area contributed by atoms with Gasteiger partial charge >= 0.3 is 0 Å². The van der Waals surface area contributed by atoms with Gasteiger partial charge in [-0.3, -0.25) is 4.98 Å². The van der Waals surface area contributed by atoms with Crippen molar-refractivity contribution < 1.29 is 0 Å². The number of hydrogen-bond donors (Lipinski definition) is 0. The van der Waals surface area contributed by atoms with Gasteiger partial charge in [-0.1, -0.05) is 51.0 Å². The second kappa shape index (κ2) is 8.46. The predicted molar refractivity (Wildman–Crippen MR) is 90.5 cm³/mol. The fourth-order valence-electron chi connectivity index (χ4n) is 2.86. The molecule has 0 saturated heterocycles. The Bertz CT molecular complexity index is 489. The fourth-order valence-corrected chi connectivity index (χ4v) is 2.86. The van der Waals surface area contributed by atoms with Crippen LogP contribution in [0.5, 0.6) is 0 Å². The van der Waals surface area contributed by atoms with E-state index in [2.05, 4.69) is 60.1 Å². The van der Waals surface area contributed by atoms with E-state index in [0.717, 1.165) is 6.54 Å². The second-order valence-corrected chi connectivity index (χ2v) is 5.56. The molecule has 0 amide bonds. The van der Waals surface area contributed by atoms with E-state index < -0.39 is 0 Å². The maximum absolute atomic E-state index is 4.26. The lowest BCUT2D eigenvalue weighted by Crippen LogP contribution is -2.34. The minimum atomic E-state index is 0.600. The Morgan fingerprint density at radius 2 is 1.67 bits per heavy atom. The summed E-state index contributed by atoms with van der Waals surface area (Å²) in [7, 11) is 0. The van der Waals surface area contributed by atoms with Crippen LogP contribution in [0.15, 0.2) is 54.9 Å². The number of benzene rings is 1. The third-order valence-electron chi connectivity index (χ3n) is 3.85. The van der Waals surface area contributed by atoms with Gasteiger partial charge in [0.2, 0.25) is 0 Å². The molecule has 0 N–H and O–H groups in total. The standard InChI is InChI=1S/C19H26N2/c1-3-9-18(10-4-2)21(19-12-6-5-7-13-19)16-17-11-8-14-20-15-17/h5-8,11-15,18H,3-4,9-10,16H2,1-2H3. The van der Waals surface area contributed by atoms with Crippen LogP contribution < -0.4 is 4.90 Å². The van der Waals surface area contributed by atoms with Gasteiger partial charge < -0.3 is 4.90 Å². The predicted octanol–water partition coefficient (Wildman–Crippen LogP) is 5.06. The molecule has 0 unspecified atom stereocenters. The molecule has 0 aliphatic carbocycles. The third-order valence-corrected chi connectivity index (χ3v) is 3.85. The van der Waals surface area contributed by atoms with Gasteiger partial charge in [-0.25, -0.2) is 0 Å². The Kier molecular flexibility index (Phi) is 6.26. The van der Waals surface area contributed by atoms with E-state index in [1.807, 2.05) is 18.5 Å². The fraction of sp³-hybridized carbons (Fsp3) is 0.421. The Morgan fingerprint density at radius 3 is 2.24 bits per heavy atom. The molecule has 0 spiro atoms. The SMILES string of the molecule is CCCC(CCC)N(Cc1cccnc1)c1ccccc1. The van der Waals surface area contributed by atoms with E-state index in [4.69, 9.17) is 0 Å². The van der Waals surface area contributed by atoms with Gasteiger partial charge in [0, 0.05) is 30.7 Å². The second-order valence-electron chi connectivity index (χ2n) is 5.56. The van der Waals surface area contributed by atoms with Crippen molar-refractivity contribution in [2.24, 2.45) is 0 Å². The highest BCUT2D eigenvalue weighted by Gasteiger charge is 2.17. The first-order valence-electron chi connectivity index (χ1n) is 8.05.